The van der Waals surface area contributed by atoms with Gasteiger partial charge in [-0.3, -0.25) is 9.69 Å². The van der Waals surface area contributed by atoms with Crippen molar-refractivity contribution < 1.29 is 18.0 Å². The first kappa shape index (κ1) is 19.2. The van der Waals surface area contributed by atoms with Gasteiger partial charge in [-0.25, -0.2) is 4.98 Å². The van der Waals surface area contributed by atoms with Gasteiger partial charge in [-0.05, 0) is 31.2 Å². The van der Waals surface area contributed by atoms with E-state index in [1.165, 1.54) is 18.2 Å². The summed E-state index contributed by atoms with van der Waals surface area (Å²) in [4.78, 5) is 20.9. The van der Waals surface area contributed by atoms with Crippen molar-refractivity contribution in [2.24, 2.45) is 0 Å². The summed E-state index contributed by atoms with van der Waals surface area (Å²) in [7, 11) is 0. The minimum atomic E-state index is -4.51. The molecular weight excluding hydrogens is 357 g/mol. The van der Waals surface area contributed by atoms with Crippen molar-refractivity contribution in [3.63, 3.8) is 0 Å². The SMILES string of the molecule is C[C@@H](C(=O)Nc1ccccc1C(F)(F)F)N1CCN(c2ccccn2)CC1. The third-order valence-electron chi connectivity index (χ3n) is 4.71. The van der Waals surface area contributed by atoms with Crippen LogP contribution in [0.1, 0.15) is 12.5 Å². The standard InChI is InChI=1S/C19H21F3N4O/c1-14(18(27)24-16-7-3-2-6-15(16)19(20,21)22)25-10-12-26(13-11-25)17-8-4-5-9-23-17/h2-9,14H,10-13H2,1H3,(H,24,27)/t14-/m0/s1. The topological polar surface area (TPSA) is 48.5 Å². The van der Waals surface area contributed by atoms with Gasteiger partial charge in [0.05, 0.1) is 17.3 Å². The van der Waals surface area contributed by atoms with E-state index in [1.54, 1.807) is 13.1 Å². The van der Waals surface area contributed by atoms with E-state index < -0.39 is 23.7 Å². The molecule has 1 aliphatic heterocycles. The molecule has 144 valence electrons. The van der Waals surface area contributed by atoms with E-state index in [9.17, 15) is 18.0 Å². The number of pyridine rings is 1. The van der Waals surface area contributed by atoms with Crippen molar-refractivity contribution >= 4 is 17.4 Å². The van der Waals surface area contributed by atoms with Gasteiger partial charge in [-0.1, -0.05) is 18.2 Å². The number of anilines is 2. The van der Waals surface area contributed by atoms with Crippen molar-refractivity contribution in [1.29, 1.82) is 0 Å². The largest absolute Gasteiger partial charge is 0.418 e. The zero-order valence-corrected chi connectivity index (χ0v) is 14.9. The number of nitrogens with one attached hydrogen (secondary N) is 1. The highest BCUT2D eigenvalue weighted by Crippen LogP contribution is 2.34. The van der Waals surface area contributed by atoms with Crippen LogP contribution in [0, 0.1) is 0 Å². The van der Waals surface area contributed by atoms with E-state index >= 15 is 0 Å². The molecule has 1 N–H and O–H groups in total. The highest BCUT2D eigenvalue weighted by atomic mass is 19.4. The Morgan fingerprint density at radius 1 is 1.07 bits per heavy atom. The van der Waals surface area contributed by atoms with Crippen molar-refractivity contribution in [1.82, 2.24) is 9.88 Å². The van der Waals surface area contributed by atoms with Crippen LogP contribution in [-0.2, 0) is 11.0 Å². The summed E-state index contributed by atoms with van der Waals surface area (Å²) >= 11 is 0. The smallest absolute Gasteiger partial charge is 0.354 e. The molecule has 8 heteroatoms. The number of piperazine rings is 1. The minimum absolute atomic E-state index is 0.214. The fourth-order valence-electron chi connectivity index (χ4n) is 3.12. The van der Waals surface area contributed by atoms with E-state index in [-0.39, 0.29) is 5.69 Å². The Bertz CT molecular complexity index is 774. The number of carbonyl (C=O) groups excluding carboxylic acids is 1. The maximum absolute atomic E-state index is 13.1. The zero-order valence-electron chi connectivity index (χ0n) is 14.9. The summed E-state index contributed by atoms with van der Waals surface area (Å²) in [5.41, 5.74) is -1.06. The first-order chi connectivity index (χ1) is 12.9. The molecule has 0 radical (unpaired) electrons. The van der Waals surface area contributed by atoms with Crippen LogP contribution in [0.2, 0.25) is 0 Å². The van der Waals surface area contributed by atoms with Crippen molar-refractivity contribution in [3.8, 4) is 0 Å². The first-order valence-corrected chi connectivity index (χ1v) is 8.73. The molecule has 3 rings (SSSR count). The summed E-state index contributed by atoms with van der Waals surface area (Å²) in [6.45, 7) is 4.38. The molecule has 0 unspecified atom stereocenters. The number of nitrogens with zero attached hydrogens (tertiary/aromatic N) is 3. The number of carbonyl (C=O) groups is 1. The highest BCUT2D eigenvalue weighted by molar-refractivity contribution is 5.95. The summed E-state index contributed by atoms with van der Waals surface area (Å²) in [5.74, 6) is 0.436. The molecule has 27 heavy (non-hydrogen) atoms. The van der Waals surface area contributed by atoms with Gasteiger partial charge < -0.3 is 10.2 Å². The number of aromatic nitrogens is 1. The fraction of sp³-hybridized carbons (Fsp3) is 0.368. The second kappa shape index (κ2) is 7.96. The number of hydrogen-bond acceptors (Lipinski definition) is 4. The van der Waals surface area contributed by atoms with Crippen LogP contribution in [0.5, 0.6) is 0 Å². The third-order valence-corrected chi connectivity index (χ3v) is 4.71. The van der Waals surface area contributed by atoms with Gasteiger partial charge in [0.2, 0.25) is 5.91 Å². The lowest BCUT2D eigenvalue weighted by Crippen LogP contribution is -2.53. The van der Waals surface area contributed by atoms with Gasteiger partial charge in [0.1, 0.15) is 5.82 Å². The number of amides is 1. The molecule has 1 saturated heterocycles. The number of rotatable bonds is 4. The fourth-order valence-corrected chi connectivity index (χ4v) is 3.12. The Morgan fingerprint density at radius 2 is 1.74 bits per heavy atom. The molecular formula is C19H21F3N4O. The number of para-hydroxylation sites is 1. The summed E-state index contributed by atoms with van der Waals surface area (Å²) in [6, 6.07) is 10.2. The van der Waals surface area contributed by atoms with E-state index in [4.69, 9.17) is 0 Å². The normalized spacial score (nSPS) is 16.8. The lowest BCUT2D eigenvalue weighted by atomic mass is 10.1. The quantitative estimate of drug-likeness (QED) is 0.887. The molecule has 2 heterocycles. The number of hydrogen-bond donors (Lipinski definition) is 1. The summed E-state index contributed by atoms with van der Waals surface area (Å²) in [6.07, 6.45) is -2.78. The molecule has 0 saturated carbocycles. The number of benzene rings is 1. The van der Waals surface area contributed by atoms with E-state index in [0.717, 1.165) is 11.9 Å². The van der Waals surface area contributed by atoms with Crippen LogP contribution in [-0.4, -0.2) is 48.0 Å². The summed E-state index contributed by atoms with van der Waals surface area (Å²) in [5, 5.41) is 2.43. The predicted molar refractivity (Wildman–Crippen MR) is 97.6 cm³/mol. The Balaban J connectivity index is 1.61. The Hall–Kier alpha value is -2.61. The van der Waals surface area contributed by atoms with Gasteiger partial charge in [0.25, 0.3) is 0 Å². The molecule has 2 aromatic rings. The van der Waals surface area contributed by atoms with Crippen LogP contribution in [0.3, 0.4) is 0 Å². The number of alkyl halides is 3. The summed E-state index contributed by atoms with van der Waals surface area (Å²) < 4.78 is 39.3. The van der Waals surface area contributed by atoms with Gasteiger partial charge in [-0.15, -0.1) is 0 Å². The predicted octanol–water partition coefficient (Wildman–Crippen LogP) is 3.25. The van der Waals surface area contributed by atoms with E-state index in [2.05, 4.69) is 15.2 Å². The monoisotopic (exact) mass is 378 g/mol. The minimum Gasteiger partial charge on any atom is -0.354 e. The van der Waals surface area contributed by atoms with Crippen molar-refractivity contribution in [2.45, 2.75) is 19.1 Å². The van der Waals surface area contributed by atoms with Crippen LogP contribution in [0.15, 0.2) is 48.7 Å². The van der Waals surface area contributed by atoms with E-state index in [0.29, 0.717) is 26.2 Å². The molecule has 0 spiro atoms. The Kier molecular flexibility index (Phi) is 5.65. The molecule has 1 atom stereocenters. The maximum atomic E-state index is 13.1. The zero-order chi connectivity index (χ0) is 19.4. The molecule has 1 fully saturated rings. The molecule has 1 aliphatic rings. The van der Waals surface area contributed by atoms with Gasteiger partial charge in [0.15, 0.2) is 0 Å². The lowest BCUT2D eigenvalue weighted by molar-refractivity contribution is -0.137. The molecule has 0 bridgehead atoms. The molecule has 1 aromatic carbocycles. The van der Waals surface area contributed by atoms with Crippen LogP contribution in [0.4, 0.5) is 24.7 Å². The molecule has 5 nitrogen and oxygen atoms in total. The highest BCUT2D eigenvalue weighted by Gasteiger charge is 2.34. The Labute approximate surface area is 155 Å². The van der Waals surface area contributed by atoms with Crippen LogP contribution >= 0.6 is 0 Å². The van der Waals surface area contributed by atoms with Gasteiger partial charge in [-0.2, -0.15) is 13.2 Å². The first-order valence-electron chi connectivity index (χ1n) is 8.73. The second-order valence-corrected chi connectivity index (χ2v) is 6.42. The average Bonchev–Trinajstić information content (AvgIpc) is 2.68. The van der Waals surface area contributed by atoms with Gasteiger partial charge in [0, 0.05) is 32.4 Å². The molecule has 1 aromatic heterocycles. The second-order valence-electron chi connectivity index (χ2n) is 6.42. The van der Waals surface area contributed by atoms with Crippen molar-refractivity contribution in [3.05, 3.63) is 54.2 Å². The maximum Gasteiger partial charge on any atom is 0.418 e. The molecule has 0 aliphatic carbocycles. The van der Waals surface area contributed by atoms with Gasteiger partial charge >= 0.3 is 6.18 Å². The van der Waals surface area contributed by atoms with E-state index in [1.807, 2.05) is 23.1 Å². The average molecular weight is 378 g/mol. The van der Waals surface area contributed by atoms with Crippen LogP contribution < -0.4 is 10.2 Å². The Morgan fingerprint density at radius 3 is 2.37 bits per heavy atom. The molecule has 1 amide bonds. The lowest BCUT2D eigenvalue weighted by Gasteiger charge is -2.38. The van der Waals surface area contributed by atoms with Crippen molar-refractivity contribution in [2.75, 3.05) is 36.4 Å². The number of halogens is 3. The third kappa shape index (κ3) is 4.57. The van der Waals surface area contributed by atoms with Crippen LogP contribution in [0.25, 0.3) is 0 Å².